The Morgan fingerprint density at radius 1 is 1.25 bits per heavy atom. The van der Waals surface area contributed by atoms with E-state index in [-0.39, 0.29) is 18.6 Å². The Bertz CT molecular complexity index is 771. The van der Waals surface area contributed by atoms with E-state index in [9.17, 15) is 4.79 Å². The minimum Gasteiger partial charge on any atom is -0.454 e. The lowest BCUT2D eigenvalue weighted by molar-refractivity contribution is 0.0955. The maximum absolute atomic E-state index is 12.0. The number of nitrogens with one attached hydrogen (secondary N) is 1. The van der Waals surface area contributed by atoms with Crippen molar-refractivity contribution in [1.29, 1.82) is 0 Å². The van der Waals surface area contributed by atoms with Gasteiger partial charge < -0.3 is 9.47 Å². The third-order valence-corrected chi connectivity index (χ3v) is 3.77. The fourth-order valence-electron chi connectivity index (χ4n) is 2.57. The van der Waals surface area contributed by atoms with Gasteiger partial charge in [0, 0.05) is 11.8 Å². The number of rotatable bonds is 5. The number of fused-ring (bicyclic) bond motifs is 1. The molecule has 24 heavy (non-hydrogen) atoms. The molecule has 0 radical (unpaired) electrons. The third kappa shape index (κ3) is 3.93. The number of hydrogen-bond donors (Lipinski definition) is 1. The molecule has 0 saturated carbocycles. The third-order valence-electron chi connectivity index (χ3n) is 3.77. The zero-order valence-electron chi connectivity index (χ0n) is 13.8. The van der Waals surface area contributed by atoms with Crippen LogP contribution < -0.4 is 14.9 Å². The monoisotopic (exact) mass is 324 g/mol. The molecule has 2 aromatic carbocycles. The van der Waals surface area contributed by atoms with E-state index in [2.05, 4.69) is 10.5 Å². The number of nitrogens with zero attached hydrogens (tertiary/aromatic N) is 1. The van der Waals surface area contributed by atoms with Gasteiger partial charge in [-0.1, -0.05) is 30.7 Å². The van der Waals surface area contributed by atoms with Crippen LogP contribution in [0, 0.1) is 12.8 Å². The van der Waals surface area contributed by atoms with Crippen LogP contribution in [0.2, 0.25) is 0 Å². The minimum absolute atomic E-state index is 0.184. The summed E-state index contributed by atoms with van der Waals surface area (Å²) in [5.41, 5.74) is 5.36. The molecule has 0 spiro atoms. The van der Waals surface area contributed by atoms with Crippen molar-refractivity contribution in [2.24, 2.45) is 11.0 Å². The lowest BCUT2D eigenvalue weighted by Crippen LogP contribution is -2.18. The molecule has 2 aromatic rings. The first-order chi connectivity index (χ1) is 11.6. The van der Waals surface area contributed by atoms with Gasteiger partial charge >= 0.3 is 0 Å². The molecule has 1 atom stereocenters. The number of hydrogen-bond acceptors (Lipinski definition) is 4. The van der Waals surface area contributed by atoms with Crippen molar-refractivity contribution in [3.8, 4) is 11.5 Å². The van der Waals surface area contributed by atoms with Gasteiger partial charge in [0.1, 0.15) is 0 Å². The zero-order valence-corrected chi connectivity index (χ0v) is 13.8. The molecule has 1 aliphatic heterocycles. The molecular weight excluding hydrogens is 304 g/mol. The maximum atomic E-state index is 12.0. The van der Waals surface area contributed by atoms with Crippen LogP contribution in [0.1, 0.15) is 28.4 Å². The van der Waals surface area contributed by atoms with Gasteiger partial charge in [0.15, 0.2) is 11.5 Å². The van der Waals surface area contributed by atoms with Crippen molar-refractivity contribution >= 4 is 12.1 Å². The van der Waals surface area contributed by atoms with Crippen molar-refractivity contribution < 1.29 is 14.3 Å². The average molecular weight is 324 g/mol. The Labute approximate surface area is 141 Å². The van der Waals surface area contributed by atoms with Crippen molar-refractivity contribution in [3.63, 3.8) is 0 Å². The molecule has 0 aliphatic carbocycles. The Hall–Kier alpha value is -2.82. The van der Waals surface area contributed by atoms with Crippen LogP contribution >= 0.6 is 0 Å². The standard InChI is InChI=1S/C19H20N2O3/c1-13-4-3-5-16(9-13)19(22)21-20-11-14(2)8-15-6-7-17-18(10-15)24-12-23-17/h3-7,9-11,14H,8,12H2,1-2H3,(H,21,22). The van der Waals surface area contributed by atoms with Crippen molar-refractivity contribution in [2.75, 3.05) is 6.79 Å². The van der Waals surface area contributed by atoms with Gasteiger partial charge in [0.2, 0.25) is 6.79 Å². The molecule has 0 aromatic heterocycles. The first-order valence-corrected chi connectivity index (χ1v) is 7.90. The molecule has 5 nitrogen and oxygen atoms in total. The number of carbonyl (C=O) groups excluding carboxylic acids is 1. The fraction of sp³-hybridized carbons (Fsp3) is 0.263. The van der Waals surface area contributed by atoms with E-state index in [1.54, 1.807) is 12.3 Å². The van der Waals surface area contributed by atoms with E-state index >= 15 is 0 Å². The first kappa shape index (κ1) is 16.1. The summed E-state index contributed by atoms with van der Waals surface area (Å²) in [6.07, 6.45) is 2.55. The molecule has 0 bridgehead atoms. The molecule has 3 rings (SSSR count). The number of hydrazone groups is 1. The van der Waals surface area contributed by atoms with E-state index in [1.807, 2.05) is 50.2 Å². The molecule has 1 amide bonds. The van der Waals surface area contributed by atoms with Gasteiger partial charge in [-0.25, -0.2) is 5.43 Å². The summed E-state index contributed by atoms with van der Waals surface area (Å²) < 4.78 is 10.7. The SMILES string of the molecule is Cc1cccc(C(=O)NN=CC(C)Cc2ccc3c(c2)OCO3)c1. The Morgan fingerprint density at radius 2 is 2.08 bits per heavy atom. The highest BCUT2D eigenvalue weighted by Crippen LogP contribution is 2.32. The molecule has 1 heterocycles. The summed E-state index contributed by atoms with van der Waals surface area (Å²) in [4.78, 5) is 12.0. The molecule has 0 fully saturated rings. The molecule has 124 valence electrons. The van der Waals surface area contributed by atoms with Crippen LogP contribution in [0.15, 0.2) is 47.6 Å². The second-order valence-corrected chi connectivity index (χ2v) is 5.96. The van der Waals surface area contributed by atoms with Gasteiger partial charge in [-0.2, -0.15) is 5.10 Å². The minimum atomic E-state index is -0.203. The Kier molecular flexibility index (Phi) is 4.79. The predicted octanol–water partition coefficient (Wildman–Crippen LogP) is 3.32. The van der Waals surface area contributed by atoms with Gasteiger partial charge in [0.25, 0.3) is 5.91 Å². The number of benzene rings is 2. The van der Waals surface area contributed by atoms with Crippen LogP contribution in [0.5, 0.6) is 11.5 Å². The summed E-state index contributed by atoms with van der Waals surface area (Å²) in [6.45, 7) is 4.28. The average Bonchev–Trinajstić information content (AvgIpc) is 3.02. The van der Waals surface area contributed by atoms with Crippen LogP contribution in [0.25, 0.3) is 0 Å². The van der Waals surface area contributed by atoms with Crippen LogP contribution in [0.4, 0.5) is 0 Å². The molecule has 1 aliphatic rings. The van der Waals surface area contributed by atoms with Gasteiger partial charge in [0.05, 0.1) is 0 Å². The summed E-state index contributed by atoms with van der Waals surface area (Å²) in [7, 11) is 0. The lowest BCUT2D eigenvalue weighted by atomic mass is 10.0. The first-order valence-electron chi connectivity index (χ1n) is 7.90. The second-order valence-electron chi connectivity index (χ2n) is 5.96. The van der Waals surface area contributed by atoms with Gasteiger partial charge in [-0.3, -0.25) is 4.79 Å². The van der Waals surface area contributed by atoms with E-state index in [4.69, 9.17) is 9.47 Å². The smallest absolute Gasteiger partial charge is 0.271 e. The fourth-order valence-corrected chi connectivity index (χ4v) is 2.57. The predicted molar refractivity (Wildman–Crippen MR) is 92.6 cm³/mol. The number of carbonyl (C=O) groups is 1. The lowest BCUT2D eigenvalue weighted by Gasteiger charge is -2.07. The summed E-state index contributed by atoms with van der Waals surface area (Å²) >= 11 is 0. The number of aryl methyl sites for hydroxylation is 1. The normalized spacial score (nSPS) is 13.9. The Balaban J connectivity index is 1.54. The van der Waals surface area contributed by atoms with E-state index < -0.39 is 0 Å². The van der Waals surface area contributed by atoms with Crippen molar-refractivity contribution in [3.05, 3.63) is 59.2 Å². The largest absolute Gasteiger partial charge is 0.454 e. The molecule has 1 unspecified atom stereocenters. The zero-order chi connectivity index (χ0) is 16.9. The highest BCUT2D eigenvalue weighted by Gasteiger charge is 2.13. The molecule has 1 N–H and O–H groups in total. The van der Waals surface area contributed by atoms with E-state index in [0.29, 0.717) is 5.56 Å². The molecular formula is C19H20N2O3. The van der Waals surface area contributed by atoms with Crippen LogP contribution in [-0.2, 0) is 6.42 Å². The quantitative estimate of drug-likeness (QED) is 0.678. The molecule has 0 saturated heterocycles. The van der Waals surface area contributed by atoms with Crippen LogP contribution in [0.3, 0.4) is 0 Å². The number of amides is 1. The van der Waals surface area contributed by atoms with Gasteiger partial charge in [-0.15, -0.1) is 0 Å². The topological polar surface area (TPSA) is 59.9 Å². The maximum Gasteiger partial charge on any atom is 0.271 e. The summed E-state index contributed by atoms with van der Waals surface area (Å²) in [5.74, 6) is 1.54. The highest BCUT2D eigenvalue weighted by molar-refractivity contribution is 5.94. The highest BCUT2D eigenvalue weighted by atomic mass is 16.7. The number of ether oxygens (including phenoxy) is 2. The Morgan fingerprint density at radius 3 is 2.92 bits per heavy atom. The second kappa shape index (κ2) is 7.17. The molecule has 5 heteroatoms. The van der Waals surface area contributed by atoms with Crippen molar-refractivity contribution in [1.82, 2.24) is 5.43 Å². The van der Waals surface area contributed by atoms with Crippen LogP contribution in [-0.4, -0.2) is 18.9 Å². The van der Waals surface area contributed by atoms with E-state index in [1.165, 1.54) is 0 Å². The van der Waals surface area contributed by atoms with Gasteiger partial charge in [-0.05, 0) is 49.1 Å². The van der Waals surface area contributed by atoms with Crippen molar-refractivity contribution in [2.45, 2.75) is 20.3 Å². The summed E-state index contributed by atoms with van der Waals surface area (Å²) in [5, 5.41) is 4.07. The summed E-state index contributed by atoms with van der Waals surface area (Å²) in [6, 6.07) is 13.3. The van der Waals surface area contributed by atoms with E-state index in [0.717, 1.165) is 29.0 Å².